The summed E-state index contributed by atoms with van der Waals surface area (Å²) in [4.78, 5) is 39.9. The summed E-state index contributed by atoms with van der Waals surface area (Å²) in [6, 6.07) is 5.22. The number of carbonyl (C=O) groups is 3. The van der Waals surface area contributed by atoms with Crippen LogP contribution in [0.1, 0.15) is 74.4 Å². The number of rotatable bonds is 6. The van der Waals surface area contributed by atoms with Gasteiger partial charge in [0.2, 0.25) is 0 Å². The molecule has 3 N–H and O–H groups in total. The number of ketones is 3. The molecule has 39 heavy (non-hydrogen) atoms. The van der Waals surface area contributed by atoms with Crippen LogP contribution in [-0.2, 0) is 15.0 Å². The number of hydrogen-bond acceptors (Lipinski definition) is 9. The second-order valence-electron chi connectivity index (χ2n) is 10.7. The fourth-order valence-electron chi connectivity index (χ4n) is 5.49. The lowest BCUT2D eigenvalue weighted by molar-refractivity contribution is -0.123. The van der Waals surface area contributed by atoms with E-state index in [-0.39, 0.29) is 51.5 Å². The zero-order valence-corrected chi connectivity index (χ0v) is 22.6. The lowest BCUT2D eigenvalue weighted by Crippen LogP contribution is -2.41. The average molecular weight is 531 g/mol. The van der Waals surface area contributed by atoms with Gasteiger partial charge in [-0.3, -0.25) is 18.8 Å². The first-order valence-electron chi connectivity index (χ1n) is 12.7. The summed E-state index contributed by atoms with van der Waals surface area (Å²) in [7, 11) is 0. The number of pyridine rings is 1. The first-order chi connectivity index (χ1) is 18.4. The molecular formula is C29H30N4O6. The molecule has 0 bridgehead atoms. The second-order valence-corrected chi connectivity index (χ2v) is 10.7. The molecule has 202 valence electrons. The zero-order valence-electron chi connectivity index (χ0n) is 22.6. The molecule has 10 nitrogen and oxygen atoms in total. The smallest absolute Gasteiger partial charge is 0.194 e. The van der Waals surface area contributed by atoms with Crippen molar-refractivity contribution in [1.29, 1.82) is 0 Å². The van der Waals surface area contributed by atoms with Gasteiger partial charge in [0.1, 0.15) is 34.0 Å². The third-order valence-corrected chi connectivity index (χ3v) is 7.51. The number of fused-ring (bicyclic) bond motifs is 4. The summed E-state index contributed by atoms with van der Waals surface area (Å²) in [5.41, 5.74) is -0.694. The third-order valence-electron chi connectivity index (χ3n) is 7.51. The Bertz CT molecular complexity index is 1650. The van der Waals surface area contributed by atoms with Crippen LogP contribution >= 0.6 is 0 Å². The maximum atomic E-state index is 14.1. The standard InChI is InChI=1S/C29H30N4O6/c1-13(2)11-17(28-32-31-20-9-7-8-10-33(20)28)30-15(4)21-18(35)12-19-29(6,27(21)38)23-25(37)14(3)24(36)22(16(5)34)26(23)39-19/h7-10,12-13,17,30,36-37H,11H2,1-6H3. The number of benzene rings is 1. The lowest BCUT2D eigenvalue weighted by Gasteiger charge is -2.30. The number of carbonyl (C=O) groups excluding carboxylic acids is 3. The number of aromatic nitrogens is 3. The maximum Gasteiger partial charge on any atom is 0.194 e. The van der Waals surface area contributed by atoms with Crippen molar-refractivity contribution in [2.75, 3.05) is 0 Å². The highest BCUT2D eigenvalue weighted by molar-refractivity contribution is 6.31. The van der Waals surface area contributed by atoms with Crippen LogP contribution in [0.5, 0.6) is 17.2 Å². The summed E-state index contributed by atoms with van der Waals surface area (Å²) in [6.07, 6.45) is 3.71. The Hall–Kier alpha value is -4.47. The molecule has 0 radical (unpaired) electrons. The van der Waals surface area contributed by atoms with Gasteiger partial charge in [0.05, 0.1) is 17.2 Å². The zero-order chi connectivity index (χ0) is 28.4. The van der Waals surface area contributed by atoms with Gasteiger partial charge in [-0.2, -0.15) is 0 Å². The van der Waals surface area contributed by atoms with Crippen molar-refractivity contribution >= 4 is 23.0 Å². The highest BCUT2D eigenvalue weighted by Crippen LogP contribution is 2.57. The Morgan fingerprint density at radius 3 is 2.54 bits per heavy atom. The summed E-state index contributed by atoms with van der Waals surface area (Å²) in [5.74, 6) is -1.66. The van der Waals surface area contributed by atoms with Crippen LogP contribution in [0, 0.1) is 12.8 Å². The van der Waals surface area contributed by atoms with Crippen LogP contribution < -0.4 is 10.1 Å². The van der Waals surface area contributed by atoms with E-state index in [1.807, 2.05) is 28.8 Å². The maximum absolute atomic E-state index is 14.1. The number of phenols is 2. The largest absolute Gasteiger partial charge is 0.507 e. The molecule has 3 heterocycles. The van der Waals surface area contributed by atoms with Crippen molar-refractivity contribution in [3.63, 3.8) is 0 Å². The molecule has 2 atom stereocenters. The van der Waals surface area contributed by atoms with Gasteiger partial charge in [0.15, 0.2) is 28.8 Å². The SMILES string of the molecule is CC(=O)c1c(O)c(C)c(O)c2c1OC1=CC(=O)C(=C(C)NC(CC(C)C)c3nnc4ccccn34)C(=O)C12C. The Morgan fingerprint density at radius 1 is 1.15 bits per heavy atom. The normalized spacial score (nSPS) is 20.4. The number of hydrogen-bond donors (Lipinski definition) is 3. The van der Waals surface area contributed by atoms with Crippen molar-refractivity contribution in [1.82, 2.24) is 19.9 Å². The van der Waals surface area contributed by atoms with Crippen LogP contribution in [-0.4, -0.2) is 42.2 Å². The molecule has 1 aromatic carbocycles. The van der Waals surface area contributed by atoms with Crippen LogP contribution in [0.3, 0.4) is 0 Å². The van der Waals surface area contributed by atoms with Crippen molar-refractivity contribution in [2.24, 2.45) is 5.92 Å². The summed E-state index contributed by atoms with van der Waals surface area (Å²) >= 11 is 0. The second kappa shape index (κ2) is 9.07. The van der Waals surface area contributed by atoms with E-state index in [1.54, 1.807) is 13.8 Å². The van der Waals surface area contributed by atoms with Gasteiger partial charge < -0.3 is 20.3 Å². The molecule has 0 fully saturated rings. The Labute approximate surface area is 225 Å². The Kier molecular flexibility index (Phi) is 6.08. The quantitative estimate of drug-likeness (QED) is 0.245. The molecule has 1 aliphatic carbocycles. The number of allylic oxidation sites excluding steroid dienone is 4. The molecule has 0 amide bonds. The molecule has 2 aliphatic rings. The van der Waals surface area contributed by atoms with Gasteiger partial charge in [-0.15, -0.1) is 10.2 Å². The summed E-state index contributed by atoms with van der Waals surface area (Å²) < 4.78 is 7.71. The lowest BCUT2D eigenvalue weighted by atomic mass is 9.70. The number of ether oxygens (including phenoxy) is 1. The molecule has 10 heteroatoms. The van der Waals surface area contributed by atoms with E-state index in [0.29, 0.717) is 23.6 Å². The van der Waals surface area contributed by atoms with Gasteiger partial charge in [0, 0.05) is 23.5 Å². The Morgan fingerprint density at radius 2 is 1.87 bits per heavy atom. The van der Waals surface area contributed by atoms with Gasteiger partial charge >= 0.3 is 0 Å². The highest BCUT2D eigenvalue weighted by Gasteiger charge is 2.56. The van der Waals surface area contributed by atoms with Gasteiger partial charge in [-0.05, 0) is 52.2 Å². The minimum absolute atomic E-state index is 0.00553. The van der Waals surface area contributed by atoms with E-state index in [1.165, 1.54) is 19.9 Å². The number of Topliss-reactive ketones (excluding diaryl/α,β-unsaturated/α-hetero) is 2. The van der Waals surface area contributed by atoms with E-state index in [4.69, 9.17) is 4.74 Å². The fraction of sp³-hybridized carbons (Fsp3) is 0.345. The van der Waals surface area contributed by atoms with Crippen LogP contribution in [0.4, 0.5) is 0 Å². The van der Waals surface area contributed by atoms with E-state index >= 15 is 0 Å². The molecule has 2 aromatic heterocycles. The van der Waals surface area contributed by atoms with Crippen LogP contribution in [0.15, 0.2) is 47.5 Å². The first-order valence-corrected chi connectivity index (χ1v) is 12.7. The number of aromatic hydroxyl groups is 2. The predicted molar refractivity (Wildman–Crippen MR) is 142 cm³/mol. The molecule has 3 aromatic rings. The van der Waals surface area contributed by atoms with Crippen molar-refractivity contribution < 1.29 is 29.3 Å². The van der Waals surface area contributed by atoms with Crippen LogP contribution in [0.25, 0.3) is 5.65 Å². The fourth-order valence-corrected chi connectivity index (χ4v) is 5.49. The molecule has 0 saturated heterocycles. The molecule has 0 saturated carbocycles. The van der Waals surface area contributed by atoms with E-state index in [0.717, 1.165) is 0 Å². The number of phenolic OH excluding ortho intramolecular Hbond substituents is 2. The van der Waals surface area contributed by atoms with Crippen molar-refractivity contribution in [3.8, 4) is 17.2 Å². The molecular weight excluding hydrogens is 500 g/mol. The molecule has 1 aliphatic heterocycles. The van der Waals surface area contributed by atoms with Crippen molar-refractivity contribution in [3.05, 3.63) is 70.0 Å². The van der Waals surface area contributed by atoms with E-state index in [2.05, 4.69) is 29.4 Å². The van der Waals surface area contributed by atoms with Crippen LogP contribution in [0.2, 0.25) is 0 Å². The van der Waals surface area contributed by atoms with Gasteiger partial charge in [-0.1, -0.05) is 19.9 Å². The Balaban J connectivity index is 1.63. The first kappa shape index (κ1) is 26.1. The predicted octanol–water partition coefficient (Wildman–Crippen LogP) is 3.99. The minimum Gasteiger partial charge on any atom is -0.507 e. The van der Waals surface area contributed by atoms with Gasteiger partial charge in [0.25, 0.3) is 0 Å². The summed E-state index contributed by atoms with van der Waals surface area (Å²) in [6.45, 7) is 10.0. The molecule has 2 unspecified atom stereocenters. The number of nitrogens with one attached hydrogen (secondary N) is 1. The monoisotopic (exact) mass is 530 g/mol. The van der Waals surface area contributed by atoms with E-state index < -0.39 is 28.5 Å². The topological polar surface area (TPSA) is 143 Å². The van der Waals surface area contributed by atoms with Crippen molar-refractivity contribution in [2.45, 2.75) is 59.4 Å². The number of nitrogens with zero attached hydrogens (tertiary/aromatic N) is 3. The molecule has 5 rings (SSSR count). The highest BCUT2D eigenvalue weighted by atomic mass is 16.5. The minimum atomic E-state index is -1.58. The molecule has 0 spiro atoms. The average Bonchev–Trinajstić information content (AvgIpc) is 3.41. The van der Waals surface area contributed by atoms with Gasteiger partial charge in [-0.25, -0.2) is 0 Å². The third kappa shape index (κ3) is 3.81. The van der Waals surface area contributed by atoms with E-state index in [9.17, 15) is 24.6 Å². The summed E-state index contributed by atoms with van der Waals surface area (Å²) in [5, 5.41) is 33.6.